The molecule has 0 fully saturated rings. The molecule has 2 nitrogen and oxygen atoms in total. The average Bonchev–Trinajstić information content (AvgIpc) is 2.07. The fraction of sp³-hybridized carbons (Fsp3) is 0.600. The second kappa shape index (κ2) is 4.31. The van der Waals surface area contributed by atoms with Crippen LogP contribution in [0.1, 0.15) is 13.3 Å². The summed E-state index contributed by atoms with van der Waals surface area (Å²) in [5.41, 5.74) is 2.62. The summed E-state index contributed by atoms with van der Waals surface area (Å²) in [5.74, 6) is 0. The van der Waals surface area contributed by atoms with E-state index >= 15 is 0 Å². The molecular formula is C10H18N2. The maximum atomic E-state index is 4.00. The van der Waals surface area contributed by atoms with E-state index in [4.69, 9.17) is 0 Å². The van der Waals surface area contributed by atoms with Crippen molar-refractivity contribution in [2.75, 3.05) is 26.7 Å². The first-order valence-corrected chi connectivity index (χ1v) is 4.49. The molecule has 0 amide bonds. The molecule has 1 heterocycles. The van der Waals surface area contributed by atoms with Crippen LogP contribution in [-0.4, -0.2) is 31.6 Å². The van der Waals surface area contributed by atoms with Crippen LogP contribution in [-0.2, 0) is 0 Å². The first kappa shape index (κ1) is 9.33. The monoisotopic (exact) mass is 166 g/mol. The Kier molecular flexibility index (Phi) is 3.35. The lowest BCUT2D eigenvalue weighted by Crippen LogP contribution is -2.30. The van der Waals surface area contributed by atoms with Gasteiger partial charge in [-0.25, -0.2) is 0 Å². The van der Waals surface area contributed by atoms with Gasteiger partial charge in [0.2, 0.25) is 0 Å². The van der Waals surface area contributed by atoms with E-state index in [-0.39, 0.29) is 0 Å². The van der Waals surface area contributed by atoms with Gasteiger partial charge in [-0.05, 0) is 31.5 Å². The van der Waals surface area contributed by atoms with Crippen molar-refractivity contribution in [3.63, 3.8) is 0 Å². The average molecular weight is 166 g/mol. The topological polar surface area (TPSA) is 15.3 Å². The molecule has 0 aromatic heterocycles. The third-order valence-electron chi connectivity index (χ3n) is 2.28. The van der Waals surface area contributed by atoms with Gasteiger partial charge in [0.15, 0.2) is 0 Å². The van der Waals surface area contributed by atoms with Gasteiger partial charge in [-0.2, -0.15) is 0 Å². The Morgan fingerprint density at radius 2 is 2.42 bits per heavy atom. The molecule has 1 aliphatic heterocycles. The molecule has 1 aliphatic rings. The SMILES string of the molecule is C=C1CCN(CCNC)C=C1C. The number of likely N-dealkylation sites (N-methyl/N-ethyl adjacent to an activating group) is 1. The summed E-state index contributed by atoms with van der Waals surface area (Å²) in [6.07, 6.45) is 3.33. The lowest BCUT2D eigenvalue weighted by atomic mass is 10.0. The molecule has 1 N–H and O–H groups in total. The molecule has 0 aromatic rings. The van der Waals surface area contributed by atoms with Crippen LogP contribution < -0.4 is 5.32 Å². The first-order chi connectivity index (χ1) is 5.74. The predicted molar refractivity (Wildman–Crippen MR) is 53.0 cm³/mol. The summed E-state index contributed by atoms with van der Waals surface area (Å²) in [5, 5.41) is 3.15. The second-order valence-electron chi connectivity index (χ2n) is 3.31. The highest BCUT2D eigenvalue weighted by atomic mass is 15.1. The lowest BCUT2D eigenvalue weighted by Gasteiger charge is -2.26. The van der Waals surface area contributed by atoms with Crippen molar-refractivity contribution < 1.29 is 0 Å². The Labute approximate surface area is 74.9 Å². The highest BCUT2D eigenvalue weighted by Gasteiger charge is 2.08. The third-order valence-corrected chi connectivity index (χ3v) is 2.28. The van der Waals surface area contributed by atoms with Crippen molar-refractivity contribution in [3.05, 3.63) is 23.9 Å². The van der Waals surface area contributed by atoms with Gasteiger partial charge in [-0.1, -0.05) is 6.58 Å². The zero-order chi connectivity index (χ0) is 8.97. The smallest absolute Gasteiger partial charge is 0.0297 e. The predicted octanol–water partition coefficient (Wildman–Crippen LogP) is 1.37. The van der Waals surface area contributed by atoms with E-state index in [1.165, 1.54) is 11.1 Å². The van der Waals surface area contributed by atoms with Crippen LogP contribution >= 0.6 is 0 Å². The van der Waals surface area contributed by atoms with Crippen LogP contribution in [0.25, 0.3) is 0 Å². The van der Waals surface area contributed by atoms with Crippen molar-refractivity contribution in [2.24, 2.45) is 0 Å². The zero-order valence-electron chi connectivity index (χ0n) is 8.06. The molecule has 0 atom stereocenters. The van der Waals surface area contributed by atoms with E-state index in [2.05, 4.69) is 29.9 Å². The normalized spacial score (nSPS) is 18.0. The molecule has 0 bridgehead atoms. The largest absolute Gasteiger partial charge is 0.376 e. The molecule has 1 rings (SSSR count). The van der Waals surface area contributed by atoms with E-state index < -0.39 is 0 Å². The summed E-state index contributed by atoms with van der Waals surface area (Å²) >= 11 is 0. The molecular weight excluding hydrogens is 148 g/mol. The summed E-state index contributed by atoms with van der Waals surface area (Å²) < 4.78 is 0. The van der Waals surface area contributed by atoms with Crippen molar-refractivity contribution in [1.82, 2.24) is 10.2 Å². The minimum Gasteiger partial charge on any atom is -0.376 e. The van der Waals surface area contributed by atoms with Gasteiger partial charge < -0.3 is 10.2 Å². The Balaban J connectivity index is 2.43. The third kappa shape index (κ3) is 2.38. The molecule has 0 saturated heterocycles. The number of nitrogens with zero attached hydrogens (tertiary/aromatic N) is 1. The molecule has 0 radical (unpaired) electrons. The van der Waals surface area contributed by atoms with Crippen LogP contribution in [0.5, 0.6) is 0 Å². The molecule has 68 valence electrons. The fourth-order valence-corrected chi connectivity index (χ4v) is 1.34. The van der Waals surface area contributed by atoms with Crippen molar-refractivity contribution >= 4 is 0 Å². The van der Waals surface area contributed by atoms with E-state index in [1.807, 2.05) is 7.05 Å². The highest BCUT2D eigenvalue weighted by molar-refractivity contribution is 5.28. The lowest BCUT2D eigenvalue weighted by molar-refractivity contribution is 0.367. The number of hydrogen-bond donors (Lipinski definition) is 1. The van der Waals surface area contributed by atoms with E-state index in [0.29, 0.717) is 0 Å². The van der Waals surface area contributed by atoms with Crippen molar-refractivity contribution in [2.45, 2.75) is 13.3 Å². The van der Waals surface area contributed by atoms with Gasteiger partial charge in [-0.15, -0.1) is 0 Å². The van der Waals surface area contributed by atoms with Gasteiger partial charge in [0.1, 0.15) is 0 Å². The molecule has 0 unspecified atom stereocenters. The number of hydrogen-bond acceptors (Lipinski definition) is 2. The highest BCUT2D eigenvalue weighted by Crippen LogP contribution is 2.17. The quantitative estimate of drug-likeness (QED) is 0.681. The molecule has 0 aromatic carbocycles. The minimum absolute atomic E-state index is 1.05. The standard InChI is InChI=1S/C10H18N2/c1-9-4-6-12(7-5-11-3)8-10(9)2/h8,11H,1,4-7H2,2-3H3. The van der Waals surface area contributed by atoms with Crippen molar-refractivity contribution in [3.8, 4) is 0 Å². The summed E-state index contributed by atoms with van der Waals surface area (Å²) in [6.45, 7) is 9.41. The number of rotatable bonds is 3. The Hall–Kier alpha value is -0.760. The van der Waals surface area contributed by atoms with Gasteiger partial charge >= 0.3 is 0 Å². The van der Waals surface area contributed by atoms with Crippen LogP contribution in [0.4, 0.5) is 0 Å². The van der Waals surface area contributed by atoms with E-state index in [9.17, 15) is 0 Å². The maximum Gasteiger partial charge on any atom is 0.0297 e. The number of nitrogens with one attached hydrogen (secondary N) is 1. The van der Waals surface area contributed by atoms with Gasteiger partial charge in [0.05, 0.1) is 0 Å². The molecule has 0 spiro atoms. The number of allylic oxidation sites excluding steroid dienone is 1. The second-order valence-corrected chi connectivity index (χ2v) is 3.31. The summed E-state index contributed by atoms with van der Waals surface area (Å²) in [6, 6.07) is 0. The Morgan fingerprint density at radius 3 is 3.00 bits per heavy atom. The van der Waals surface area contributed by atoms with Crippen LogP contribution in [0, 0.1) is 0 Å². The molecule has 0 aliphatic carbocycles. The Bertz CT molecular complexity index is 194. The minimum atomic E-state index is 1.05. The van der Waals surface area contributed by atoms with Crippen LogP contribution in [0.2, 0.25) is 0 Å². The molecule has 0 saturated carbocycles. The fourth-order valence-electron chi connectivity index (χ4n) is 1.34. The summed E-state index contributed by atoms with van der Waals surface area (Å²) in [7, 11) is 1.99. The zero-order valence-corrected chi connectivity index (χ0v) is 8.06. The van der Waals surface area contributed by atoms with E-state index in [0.717, 1.165) is 26.1 Å². The molecule has 12 heavy (non-hydrogen) atoms. The van der Waals surface area contributed by atoms with Crippen LogP contribution in [0.15, 0.2) is 23.9 Å². The Morgan fingerprint density at radius 1 is 1.67 bits per heavy atom. The molecule has 2 heteroatoms. The van der Waals surface area contributed by atoms with Gasteiger partial charge in [0.25, 0.3) is 0 Å². The van der Waals surface area contributed by atoms with E-state index in [1.54, 1.807) is 0 Å². The van der Waals surface area contributed by atoms with Crippen molar-refractivity contribution in [1.29, 1.82) is 0 Å². The maximum absolute atomic E-state index is 4.00. The van der Waals surface area contributed by atoms with Gasteiger partial charge in [0, 0.05) is 25.8 Å². The van der Waals surface area contributed by atoms with Gasteiger partial charge in [-0.3, -0.25) is 0 Å². The first-order valence-electron chi connectivity index (χ1n) is 4.49. The summed E-state index contributed by atoms with van der Waals surface area (Å²) in [4.78, 5) is 2.35. The van der Waals surface area contributed by atoms with Crippen LogP contribution in [0.3, 0.4) is 0 Å².